The van der Waals surface area contributed by atoms with Crippen LogP contribution < -0.4 is 10.1 Å². The molecule has 2 amide bonds. The summed E-state index contributed by atoms with van der Waals surface area (Å²) in [6.45, 7) is 3.31. The molecule has 32 heavy (non-hydrogen) atoms. The van der Waals surface area contributed by atoms with Gasteiger partial charge in [-0.05, 0) is 49.4 Å². The van der Waals surface area contributed by atoms with Crippen LogP contribution in [-0.2, 0) is 16.0 Å². The summed E-state index contributed by atoms with van der Waals surface area (Å²) < 4.78 is 5.58. The van der Waals surface area contributed by atoms with Gasteiger partial charge in [0.25, 0.3) is 0 Å². The lowest BCUT2D eigenvalue weighted by atomic mass is 9.83. The molecule has 1 heterocycles. The molecule has 3 rings (SSSR count). The van der Waals surface area contributed by atoms with Gasteiger partial charge < -0.3 is 20.1 Å². The maximum atomic E-state index is 13.2. The van der Waals surface area contributed by atoms with E-state index < -0.39 is 0 Å². The van der Waals surface area contributed by atoms with E-state index in [1.54, 1.807) is 19.2 Å². The molecule has 0 spiro atoms. The molecule has 1 fully saturated rings. The number of nitrogens with one attached hydrogen (secondary N) is 1. The second-order valence-corrected chi connectivity index (χ2v) is 8.33. The molecule has 2 atom stereocenters. The van der Waals surface area contributed by atoms with E-state index in [1.807, 2.05) is 41.3 Å². The minimum absolute atomic E-state index is 0.0133. The highest BCUT2D eigenvalue weighted by atomic mass is 16.5. The number of aromatic hydroxyl groups is 1. The number of carbonyl (C=O) groups is 2. The lowest BCUT2D eigenvalue weighted by Crippen LogP contribution is -2.48. The van der Waals surface area contributed by atoms with Crippen LogP contribution >= 0.6 is 0 Å². The fourth-order valence-corrected chi connectivity index (χ4v) is 4.41. The van der Waals surface area contributed by atoms with Gasteiger partial charge in [0.2, 0.25) is 11.8 Å². The van der Waals surface area contributed by atoms with Crippen LogP contribution in [0.4, 0.5) is 0 Å². The van der Waals surface area contributed by atoms with Gasteiger partial charge in [0.1, 0.15) is 11.5 Å². The first-order chi connectivity index (χ1) is 15.5. The van der Waals surface area contributed by atoms with Gasteiger partial charge in [-0.25, -0.2) is 0 Å². The average molecular weight is 439 g/mol. The van der Waals surface area contributed by atoms with Crippen molar-refractivity contribution in [3.63, 3.8) is 0 Å². The number of phenolic OH excluding ortho intramolecular Hbond substituents is 1. The molecule has 0 radical (unpaired) electrons. The Bertz CT molecular complexity index is 897. The Balaban J connectivity index is 1.72. The van der Waals surface area contributed by atoms with Gasteiger partial charge in [-0.15, -0.1) is 0 Å². The number of unbranched alkanes of at least 4 members (excludes halogenated alkanes) is 1. The maximum Gasteiger partial charge on any atom is 0.225 e. The number of amides is 2. The van der Waals surface area contributed by atoms with Gasteiger partial charge in [-0.1, -0.05) is 43.7 Å². The summed E-state index contributed by atoms with van der Waals surface area (Å²) in [6.07, 6.45) is 4.44. The first-order valence-corrected chi connectivity index (χ1v) is 11.5. The molecule has 172 valence electrons. The summed E-state index contributed by atoms with van der Waals surface area (Å²) in [7, 11) is 1.62. The van der Waals surface area contributed by atoms with Crippen LogP contribution in [0.25, 0.3) is 0 Å². The molecule has 2 N–H and O–H groups in total. The first kappa shape index (κ1) is 23.6. The molecular weight excluding hydrogens is 404 g/mol. The molecule has 6 nitrogen and oxygen atoms in total. The molecule has 2 aromatic rings. The number of likely N-dealkylation sites (tertiary alicyclic amines) is 1. The second kappa shape index (κ2) is 11.6. The average Bonchev–Trinajstić information content (AvgIpc) is 2.81. The van der Waals surface area contributed by atoms with Crippen molar-refractivity contribution in [1.82, 2.24) is 10.2 Å². The van der Waals surface area contributed by atoms with E-state index >= 15 is 0 Å². The Morgan fingerprint density at radius 3 is 2.62 bits per heavy atom. The molecule has 0 aliphatic carbocycles. The number of benzene rings is 2. The third-order valence-corrected chi connectivity index (χ3v) is 6.13. The van der Waals surface area contributed by atoms with Crippen molar-refractivity contribution >= 4 is 11.8 Å². The van der Waals surface area contributed by atoms with Crippen molar-refractivity contribution in [2.24, 2.45) is 5.92 Å². The summed E-state index contributed by atoms with van der Waals surface area (Å²) in [5.74, 6) is 0.739. The largest absolute Gasteiger partial charge is 0.508 e. The predicted octanol–water partition coefficient (Wildman–Crippen LogP) is 4.23. The number of rotatable bonds is 10. The minimum Gasteiger partial charge on any atom is -0.508 e. The number of methoxy groups -OCH3 is 1. The highest BCUT2D eigenvalue weighted by Gasteiger charge is 2.41. The zero-order valence-corrected chi connectivity index (χ0v) is 19.0. The van der Waals surface area contributed by atoms with E-state index in [1.165, 1.54) is 0 Å². The van der Waals surface area contributed by atoms with Crippen LogP contribution in [0.15, 0.2) is 48.5 Å². The number of para-hydroxylation sites is 1. The Hall–Kier alpha value is -3.02. The van der Waals surface area contributed by atoms with Crippen molar-refractivity contribution < 1.29 is 19.4 Å². The molecule has 0 aromatic heterocycles. The monoisotopic (exact) mass is 438 g/mol. The fourth-order valence-electron chi connectivity index (χ4n) is 4.41. The highest BCUT2D eigenvalue weighted by molar-refractivity contribution is 5.85. The van der Waals surface area contributed by atoms with Crippen molar-refractivity contribution in [1.29, 1.82) is 0 Å². The van der Waals surface area contributed by atoms with E-state index in [0.29, 0.717) is 31.7 Å². The summed E-state index contributed by atoms with van der Waals surface area (Å²) in [5.41, 5.74) is 2.02. The summed E-state index contributed by atoms with van der Waals surface area (Å²) in [4.78, 5) is 27.9. The van der Waals surface area contributed by atoms with Gasteiger partial charge in [0.15, 0.2) is 0 Å². The quantitative estimate of drug-likeness (QED) is 0.544. The molecule has 1 aliphatic rings. The Labute approximate surface area is 190 Å². The SMILES string of the molecule is CCCCN1C(=O)CCC(C(=O)NCCCc2ccc(O)cc2)C1c1ccccc1OC. The summed E-state index contributed by atoms with van der Waals surface area (Å²) >= 11 is 0. The van der Waals surface area contributed by atoms with Gasteiger partial charge in [-0.3, -0.25) is 9.59 Å². The predicted molar refractivity (Wildman–Crippen MR) is 125 cm³/mol. The molecule has 2 unspecified atom stereocenters. The van der Waals surface area contributed by atoms with Gasteiger partial charge in [0.05, 0.1) is 19.1 Å². The van der Waals surface area contributed by atoms with E-state index in [-0.39, 0.29) is 29.5 Å². The van der Waals surface area contributed by atoms with Crippen LogP contribution in [0.5, 0.6) is 11.5 Å². The normalized spacial score (nSPS) is 18.4. The smallest absolute Gasteiger partial charge is 0.225 e. The third kappa shape index (κ3) is 5.81. The second-order valence-electron chi connectivity index (χ2n) is 8.33. The van der Waals surface area contributed by atoms with Crippen LogP contribution in [0.1, 0.15) is 56.2 Å². The van der Waals surface area contributed by atoms with E-state index in [9.17, 15) is 14.7 Å². The number of carbonyl (C=O) groups excluding carboxylic acids is 2. The summed E-state index contributed by atoms with van der Waals surface area (Å²) in [6, 6.07) is 14.5. The Kier molecular flexibility index (Phi) is 8.54. The van der Waals surface area contributed by atoms with E-state index in [0.717, 1.165) is 36.8 Å². The number of hydrogen-bond acceptors (Lipinski definition) is 4. The van der Waals surface area contributed by atoms with Crippen LogP contribution in [0.2, 0.25) is 0 Å². The van der Waals surface area contributed by atoms with Gasteiger partial charge in [-0.2, -0.15) is 0 Å². The van der Waals surface area contributed by atoms with E-state index in [4.69, 9.17) is 4.74 Å². The number of nitrogens with zero attached hydrogens (tertiary/aromatic N) is 1. The van der Waals surface area contributed by atoms with Gasteiger partial charge >= 0.3 is 0 Å². The highest BCUT2D eigenvalue weighted by Crippen LogP contribution is 2.40. The third-order valence-electron chi connectivity index (χ3n) is 6.13. The molecular formula is C26H34N2O4. The number of hydrogen-bond donors (Lipinski definition) is 2. The van der Waals surface area contributed by atoms with Crippen molar-refractivity contribution in [2.75, 3.05) is 20.2 Å². The van der Waals surface area contributed by atoms with Crippen molar-refractivity contribution in [3.05, 3.63) is 59.7 Å². The number of aryl methyl sites for hydroxylation is 1. The lowest BCUT2D eigenvalue weighted by Gasteiger charge is -2.41. The van der Waals surface area contributed by atoms with Crippen molar-refractivity contribution in [2.45, 2.75) is 51.5 Å². The number of phenols is 1. The van der Waals surface area contributed by atoms with Crippen LogP contribution in [0.3, 0.4) is 0 Å². The molecule has 0 bridgehead atoms. The zero-order chi connectivity index (χ0) is 22.9. The topological polar surface area (TPSA) is 78.9 Å². The standard InChI is InChI=1S/C26H34N2O4/c1-3-4-18-28-24(30)16-15-22(25(28)21-9-5-6-10-23(21)32-2)26(31)27-17-7-8-19-11-13-20(29)14-12-19/h5-6,9-14,22,25,29H,3-4,7-8,15-18H2,1-2H3,(H,27,31). The molecule has 0 saturated carbocycles. The van der Waals surface area contributed by atoms with Gasteiger partial charge in [0, 0.05) is 25.1 Å². The van der Waals surface area contributed by atoms with Crippen LogP contribution in [-0.4, -0.2) is 42.0 Å². The zero-order valence-electron chi connectivity index (χ0n) is 19.0. The molecule has 2 aromatic carbocycles. The Morgan fingerprint density at radius 1 is 1.16 bits per heavy atom. The maximum absolute atomic E-state index is 13.2. The fraction of sp³-hybridized carbons (Fsp3) is 0.462. The Morgan fingerprint density at radius 2 is 1.91 bits per heavy atom. The van der Waals surface area contributed by atoms with E-state index in [2.05, 4.69) is 12.2 Å². The summed E-state index contributed by atoms with van der Waals surface area (Å²) in [5, 5.41) is 12.5. The van der Waals surface area contributed by atoms with Crippen molar-refractivity contribution in [3.8, 4) is 11.5 Å². The molecule has 6 heteroatoms. The molecule has 1 aliphatic heterocycles. The number of ether oxygens (including phenoxy) is 1. The number of piperidine rings is 1. The minimum atomic E-state index is -0.323. The van der Waals surface area contributed by atoms with Crippen LogP contribution in [0, 0.1) is 5.92 Å². The first-order valence-electron chi connectivity index (χ1n) is 11.5. The molecule has 1 saturated heterocycles. The lowest BCUT2D eigenvalue weighted by molar-refractivity contribution is -0.143.